The second kappa shape index (κ2) is 6.15. The SMILES string of the molecule is O=C(CC1CCC1)c1ccc(N2CCNCC2)c(Cl)c1. The summed E-state index contributed by atoms with van der Waals surface area (Å²) < 4.78 is 0. The number of halogens is 1. The average molecular weight is 293 g/mol. The van der Waals surface area contributed by atoms with Crippen LogP contribution in [0.4, 0.5) is 5.69 Å². The summed E-state index contributed by atoms with van der Waals surface area (Å²) in [4.78, 5) is 14.5. The second-order valence-electron chi connectivity index (χ2n) is 5.83. The van der Waals surface area contributed by atoms with Crippen LogP contribution in [0.1, 0.15) is 36.0 Å². The molecule has 0 aromatic heterocycles. The van der Waals surface area contributed by atoms with Crippen molar-refractivity contribution < 1.29 is 4.79 Å². The van der Waals surface area contributed by atoms with Crippen LogP contribution in [-0.2, 0) is 0 Å². The van der Waals surface area contributed by atoms with E-state index < -0.39 is 0 Å². The molecule has 1 aliphatic carbocycles. The molecule has 1 aromatic carbocycles. The van der Waals surface area contributed by atoms with Crippen LogP contribution in [0.25, 0.3) is 0 Å². The Labute approximate surface area is 125 Å². The summed E-state index contributed by atoms with van der Waals surface area (Å²) in [5, 5.41) is 4.03. The molecular formula is C16H21ClN2O. The smallest absolute Gasteiger partial charge is 0.163 e. The number of carbonyl (C=O) groups excluding carboxylic acids is 1. The lowest BCUT2D eigenvalue weighted by Crippen LogP contribution is -2.43. The molecule has 1 heterocycles. The molecule has 3 rings (SSSR count). The van der Waals surface area contributed by atoms with E-state index in [9.17, 15) is 4.79 Å². The number of rotatable bonds is 4. The second-order valence-corrected chi connectivity index (χ2v) is 6.23. The molecule has 1 N–H and O–H groups in total. The Morgan fingerprint density at radius 2 is 2.05 bits per heavy atom. The summed E-state index contributed by atoms with van der Waals surface area (Å²) in [5.74, 6) is 0.845. The Bertz CT molecular complexity index is 493. The summed E-state index contributed by atoms with van der Waals surface area (Å²) in [5.41, 5.74) is 1.81. The molecule has 0 unspecified atom stereocenters. The molecule has 4 heteroatoms. The highest BCUT2D eigenvalue weighted by molar-refractivity contribution is 6.33. The van der Waals surface area contributed by atoms with E-state index >= 15 is 0 Å². The van der Waals surface area contributed by atoms with Crippen molar-refractivity contribution in [1.29, 1.82) is 0 Å². The fraction of sp³-hybridized carbons (Fsp3) is 0.562. The number of ketones is 1. The van der Waals surface area contributed by atoms with Crippen LogP contribution in [-0.4, -0.2) is 32.0 Å². The van der Waals surface area contributed by atoms with Gasteiger partial charge in [-0.1, -0.05) is 30.9 Å². The largest absolute Gasteiger partial charge is 0.368 e. The van der Waals surface area contributed by atoms with Crippen LogP contribution in [0.3, 0.4) is 0 Å². The van der Waals surface area contributed by atoms with E-state index in [1.165, 1.54) is 19.3 Å². The van der Waals surface area contributed by atoms with Gasteiger partial charge in [-0.3, -0.25) is 4.79 Å². The average Bonchev–Trinajstić information content (AvgIpc) is 2.43. The molecular weight excluding hydrogens is 272 g/mol. The monoisotopic (exact) mass is 292 g/mol. The molecule has 0 spiro atoms. The number of benzene rings is 1. The van der Waals surface area contributed by atoms with E-state index in [0.717, 1.165) is 37.4 Å². The number of hydrogen-bond acceptors (Lipinski definition) is 3. The predicted octanol–water partition coefficient (Wildman–Crippen LogP) is 3.12. The zero-order valence-corrected chi connectivity index (χ0v) is 12.5. The van der Waals surface area contributed by atoms with Crippen molar-refractivity contribution in [3.05, 3.63) is 28.8 Å². The number of hydrogen-bond donors (Lipinski definition) is 1. The number of anilines is 1. The van der Waals surface area contributed by atoms with Gasteiger partial charge in [-0.15, -0.1) is 0 Å². The summed E-state index contributed by atoms with van der Waals surface area (Å²) in [7, 11) is 0. The van der Waals surface area contributed by atoms with Crippen LogP contribution in [0.5, 0.6) is 0 Å². The molecule has 0 atom stereocenters. The third kappa shape index (κ3) is 2.99. The fourth-order valence-corrected chi connectivity index (χ4v) is 3.22. The van der Waals surface area contributed by atoms with Gasteiger partial charge in [-0.05, 0) is 24.1 Å². The molecule has 2 fully saturated rings. The maximum absolute atomic E-state index is 12.2. The first-order chi connectivity index (χ1) is 9.74. The Morgan fingerprint density at radius 1 is 1.30 bits per heavy atom. The minimum absolute atomic E-state index is 0.239. The maximum Gasteiger partial charge on any atom is 0.163 e. The van der Waals surface area contributed by atoms with Gasteiger partial charge in [0.2, 0.25) is 0 Å². The Kier molecular flexibility index (Phi) is 4.27. The quantitative estimate of drug-likeness (QED) is 0.866. The summed E-state index contributed by atoms with van der Waals surface area (Å²) in [6.45, 7) is 3.90. The minimum atomic E-state index is 0.239. The van der Waals surface area contributed by atoms with E-state index in [4.69, 9.17) is 11.6 Å². The first-order valence-corrected chi connectivity index (χ1v) is 7.90. The number of nitrogens with one attached hydrogen (secondary N) is 1. The molecule has 1 saturated carbocycles. The first kappa shape index (κ1) is 13.9. The lowest BCUT2D eigenvalue weighted by molar-refractivity contribution is 0.0936. The highest BCUT2D eigenvalue weighted by atomic mass is 35.5. The molecule has 108 valence electrons. The van der Waals surface area contributed by atoms with Gasteiger partial charge in [0.1, 0.15) is 0 Å². The molecule has 0 radical (unpaired) electrons. The van der Waals surface area contributed by atoms with E-state index in [0.29, 0.717) is 17.4 Å². The van der Waals surface area contributed by atoms with Crippen LogP contribution in [0.2, 0.25) is 5.02 Å². The number of Topliss-reactive ketones (excluding diaryl/α,β-unsaturated/α-hetero) is 1. The van der Waals surface area contributed by atoms with Crippen molar-refractivity contribution in [1.82, 2.24) is 5.32 Å². The van der Waals surface area contributed by atoms with Crippen molar-refractivity contribution in [2.75, 3.05) is 31.1 Å². The molecule has 0 amide bonds. The van der Waals surface area contributed by atoms with Gasteiger partial charge < -0.3 is 10.2 Å². The summed E-state index contributed by atoms with van der Waals surface area (Å²) in [6, 6.07) is 5.78. The van der Waals surface area contributed by atoms with Crippen molar-refractivity contribution in [3.8, 4) is 0 Å². The van der Waals surface area contributed by atoms with E-state index in [-0.39, 0.29) is 5.78 Å². The van der Waals surface area contributed by atoms with Crippen LogP contribution in [0, 0.1) is 5.92 Å². The lowest BCUT2D eigenvalue weighted by atomic mass is 9.81. The van der Waals surface area contributed by atoms with E-state index in [1.807, 2.05) is 18.2 Å². The molecule has 20 heavy (non-hydrogen) atoms. The predicted molar refractivity (Wildman–Crippen MR) is 82.8 cm³/mol. The van der Waals surface area contributed by atoms with Crippen molar-refractivity contribution >= 4 is 23.1 Å². The van der Waals surface area contributed by atoms with Gasteiger partial charge in [0, 0.05) is 38.2 Å². The Morgan fingerprint density at radius 3 is 2.65 bits per heavy atom. The third-order valence-electron chi connectivity index (χ3n) is 4.43. The number of carbonyl (C=O) groups is 1. The van der Waals surface area contributed by atoms with Gasteiger partial charge in [0.25, 0.3) is 0 Å². The highest BCUT2D eigenvalue weighted by Crippen LogP contribution is 2.32. The molecule has 2 aliphatic rings. The maximum atomic E-state index is 12.2. The van der Waals surface area contributed by atoms with Gasteiger partial charge >= 0.3 is 0 Å². The zero-order chi connectivity index (χ0) is 13.9. The first-order valence-electron chi connectivity index (χ1n) is 7.52. The van der Waals surface area contributed by atoms with E-state index in [2.05, 4.69) is 10.2 Å². The molecule has 1 aromatic rings. The van der Waals surface area contributed by atoms with Crippen LogP contribution >= 0.6 is 11.6 Å². The van der Waals surface area contributed by atoms with Gasteiger partial charge in [0.15, 0.2) is 5.78 Å². The third-order valence-corrected chi connectivity index (χ3v) is 4.73. The number of nitrogens with zero attached hydrogens (tertiary/aromatic N) is 1. The van der Waals surface area contributed by atoms with Gasteiger partial charge in [-0.25, -0.2) is 0 Å². The molecule has 3 nitrogen and oxygen atoms in total. The van der Waals surface area contributed by atoms with Crippen molar-refractivity contribution in [3.63, 3.8) is 0 Å². The van der Waals surface area contributed by atoms with Gasteiger partial charge in [0.05, 0.1) is 10.7 Å². The normalized spacial score (nSPS) is 19.8. The molecule has 1 saturated heterocycles. The fourth-order valence-electron chi connectivity index (χ4n) is 2.92. The minimum Gasteiger partial charge on any atom is -0.368 e. The molecule has 1 aliphatic heterocycles. The lowest BCUT2D eigenvalue weighted by Gasteiger charge is -2.30. The topological polar surface area (TPSA) is 32.3 Å². The summed E-state index contributed by atoms with van der Waals surface area (Å²) >= 11 is 6.38. The van der Waals surface area contributed by atoms with Crippen molar-refractivity contribution in [2.24, 2.45) is 5.92 Å². The highest BCUT2D eigenvalue weighted by Gasteiger charge is 2.22. The van der Waals surface area contributed by atoms with Crippen LogP contribution < -0.4 is 10.2 Å². The molecule has 0 bridgehead atoms. The Hall–Kier alpha value is -1.06. The van der Waals surface area contributed by atoms with Crippen molar-refractivity contribution in [2.45, 2.75) is 25.7 Å². The van der Waals surface area contributed by atoms with E-state index in [1.54, 1.807) is 0 Å². The summed E-state index contributed by atoms with van der Waals surface area (Å²) in [6.07, 6.45) is 4.38. The standard InChI is InChI=1S/C16H21ClN2O/c17-14-11-13(16(20)10-12-2-1-3-12)4-5-15(14)19-8-6-18-7-9-19/h4-5,11-12,18H,1-3,6-10H2. The zero-order valence-electron chi connectivity index (χ0n) is 11.7. The van der Waals surface area contributed by atoms with Crippen LogP contribution in [0.15, 0.2) is 18.2 Å². The van der Waals surface area contributed by atoms with Gasteiger partial charge in [-0.2, -0.15) is 0 Å². The number of piperazine rings is 1. The Balaban J connectivity index is 1.70.